The second kappa shape index (κ2) is 7.64. The Kier molecular flexibility index (Phi) is 4.73. The van der Waals surface area contributed by atoms with E-state index in [4.69, 9.17) is 9.52 Å². The second-order valence-corrected chi connectivity index (χ2v) is 9.63. The molecule has 1 amide bonds. The van der Waals surface area contributed by atoms with Crippen molar-refractivity contribution < 1.29 is 14.3 Å². The first kappa shape index (κ1) is 19.8. The molecule has 0 spiro atoms. The Labute approximate surface area is 189 Å². The standard InChI is InChI=1S/C24H24N4O3S/c1-32-13-28-20-8-19(24(30)27-10-14-6-7-15(11-27)23(14)29)25-9-17(20)22(26-28)18-12-31-21-5-3-2-4-16(18)21/h2-5,8-9,12,14-15,23,29H,6-7,10-11,13H2,1H3. The van der Waals surface area contributed by atoms with Crippen molar-refractivity contribution in [2.24, 2.45) is 11.8 Å². The molecule has 7 nitrogen and oxygen atoms in total. The number of piperidine rings is 1. The van der Waals surface area contributed by atoms with Crippen LogP contribution < -0.4 is 0 Å². The Morgan fingerprint density at radius 2 is 2.00 bits per heavy atom. The molecule has 2 atom stereocenters. The summed E-state index contributed by atoms with van der Waals surface area (Å²) in [4.78, 5) is 19.7. The number of carbonyl (C=O) groups excluding carboxylic acids is 1. The third kappa shape index (κ3) is 3.04. The molecule has 8 heteroatoms. The van der Waals surface area contributed by atoms with Gasteiger partial charge in [0.15, 0.2) is 0 Å². The number of hydrogen-bond donors (Lipinski definition) is 1. The van der Waals surface area contributed by atoms with Gasteiger partial charge in [0.1, 0.15) is 23.2 Å². The average Bonchev–Trinajstić information content (AvgIpc) is 3.44. The Morgan fingerprint density at radius 1 is 1.22 bits per heavy atom. The van der Waals surface area contributed by atoms with Crippen LogP contribution in [0, 0.1) is 11.8 Å². The van der Waals surface area contributed by atoms with Gasteiger partial charge in [0, 0.05) is 47.5 Å². The first-order valence-corrected chi connectivity index (χ1v) is 12.3. The van der Waals surface area contributed by atoms with Crippen LogP contribution in [-0.4, -0.2) is 56.1 Å². The molecule has 32 heavy (non-hydrogen) atoms. The fourth-order valence-corrected chi connectivity index (χ4v) is 5.73. The summed E-state index contributed by atoms with van der Waals surface area (Å²) in [7, 11) is 0. The van der Waals surface area contributed by atoms with Gasteiger partial charge in [-0.1, -0.05) is 18.2 Å². The fourth-order valence-electron chi connectivity index (χ4n) is 5.29. The first-order chi connectivity index (χ1) is 15.6. The molecule has 4 aromatic rings. The predicted octanol–water partition coefficient (Wildman–Crippen LogP) is 4.01. The number of aromatic nitrogens is 3. The average molecular weight is 449 g/mol. The summed E-state index contributed by atoms with van der Waals surface area (Å²) >= 11 is 1.67. The molecule has 1 saturated heterocycles. The normalized spacial score (nSPS) is 22.8. The maximum atomic E-state index is 13.3. The maximum absolute atomic E-state index is 13.3. The van der Waals surface area contributed by atoms with Crippen molar-refractivity contribution in [1.82, 2.24) is 19.7 Å². The minimum absolute atomic E-state index is 0.0667. The van der Waals surface area contributed by atoms with Crippen molar-refractivity contribution in [2.45, 2.75) is 24.8 Å². The summed E-state index contributed by atoms with van der Waals surface area (Å²) in [6, 6.07) is 9.76. The van der Waals surface area contributed by atoms with E-state index >= 15 is 0 Å². The van der Waals surface area contributed by atoms with Crippen LogP contribution in [0.1, 0.15) is 23.3 Å². The summed E-state index contributed by atoms with van der Waals surface area (Å²) in [5, 5.41) is 17.1. The van der Waals surface area contributed by atoms with Crippen LogP contribution in [-0.2, 0) is 5.88 Å². The quantitative estimate of drug-likeness (QED) is 0.508. The lowest BCUT2D eigenvalue weighted by molar-refractivity contribution is 0.0163. The lowest BCUT2D eigenvalue weighted by atomic mass is 9.95. The molecule has 0 radical (unpaired) electrons. The number of aliphatic hydroxyl groups excluding tert-OH is 1. The highest BCUT2D eigenvalue weighted by atomic mass is 32.2. The van der Waals surface area contributed by atoms with Gasteiger partial charge in [-0.05, 0) is 31.2 Å². The number of pyridine rings is 1. The summed E-state index contributed by atoms with van der Waals surface area (Å²) in [5.41, 5.74) is 3.87. The zero-order valence-electron chi connectivity index (χ0n) is 17.8. The Bertz CT molecular complexity index is 1320. The SMILES string of the molecule is CSCn1nc(-c2coc3ccccc23)c2cnc(C(=O)N3CC4CCC(C3)C4O)cc21. The van der Waals surface area contributed by atoms with E-state index in [9.17, 15) is 9.90 Å². The molecule has 2 unspecified atom stereocenters. The zero-order valence-corrected chi connectivity index (χ0v) is 18.6. The lowest BCUT2D eigenvalue weighted by Crippen LogP contribution is -2.47. The molecule has 3 aromatic heterocycles. The van der Waals surface area contributed by atoms with E-state index in [2.05, 4.69) is 4.98 Å². The minimum Gasteiger partial charge on any atom is -0.464 e. The van der Waals surface area contributed by atoms with Gasteiger partial charge in [-0.3, -0.25) is 14.5 Å². The molecule has 1 aliphatic heterocycles. The fraction of sp³-hybridized carbons (Fsp3) is 0.375. The molecule has 1 aliphatic carbocycles. The molecule has 2 fully saturated rings. The topological polar surface area (TPSA) is 84.4 Å². The number of para-hydroxylation sites is 1. The number of benzene rings is 1. The van der Waals surface area contributed by atoms with Crippen LogP contribution in [0.15, 0.2) is 47.2 Å². The number of carbonyl (C=O) groups is 1. The number of aliphatic hydroxyl groups is 1. The van der Waals surface area contributed by atoms with Gasteiger partial charge in [-0.25, -0.2) is 0 Å². The van der Waals surface area contributed by atoms with Gasteiger partial charge in [0.2, 0.25) is 0 Å². The molecule has 4 heterocycles. The van der Waals surface area contributed by atoms with Gasteiger partial charge in [0.25, 0.3) is 5.91 Å². The van der Waals surface area contributed by atoms with Gasteiger partial charge in [-0.15, -0.1) is 11.8 Å². The third-order valence-electron chi connectivity index (χ3n) is 6.91. The summed E-state index contributed by atoms with van der Waals surface area (Å²) in [5.74, 6) is 0.973. The number of hydrogen-bond acceptors (Lipinski definition) is 6. The molecule has 1 saturated carbocycles. The van der Waals surface area contributed by atoms with Crippen molar-refractivity contribution in [1.29, 1.82) is 0 Å². The van der Waals surface area contributed by atoms with Crippen LogP contribution in [0.3, 0.4) is 0 Å². The summed E-state index contributed by atoms with van der Waals surface area (Å²) in [6.07, 6.45) is 7.24. The zero-order chi connectivity index (χ0) is 21.8. The second-order valence-electron chi connectivity index (χ2n) is 8.80. The Morgan fingerprint density at radius 3 is 2.78 bits per heavy atom. The minimum atomic E-state index is -0.273. The molecule has 1 N–H and O–H groups in total. The lowest BCUT2D eigenvalue weighted by Gasteiger charge is -2.35. The van der Waals surface area contributed by atoms with Crippen molar-refractivity contribution in [2.75, 3.05) is 19.3 Å². The monoisotopic (exact) mass is 448 g/mol. The Balaban J connectivity index is 1.41. The number of furan rings is 1. The van der Waals surface area contributed by atoms with Crippen LogP contribution in [0.2, 0.25) is 0 Å². The van der Waals surface area contributed by atoms with Crippen molar-refractivity contribution in [3.05, 3.63) is 48.5 Å². The number of rotatable bonds is 4. The molecular weight excluding hydrogens is 424 g/mol. The van der Waals surface area contributed by atoms with E-state index in [1.165, 1.54) is 0 Å². The predicted molar refractivity (Wildman–Crippen MR) is 124 cm³/mol. The van der Waals surface area contributed by atoms with E-state index in [0.717, 1.165) is 46.0 Å². The number of likely N-dealkylation sites (tertiary alicyclic amines) is 1. The van der Waals surface area contributed by atoms with Crippen molar-refractivity contribution in [3.63, 3.8) is 0 Å². The van der Waals surface area contributed by atoms with E-state index in [-0.39, 0.29) is 23.8 Å². The summed E-state index contributed by atoms with van der Waals surface area (Å²) < 4.78 is 7.67. The van der Waals surface area contributed by atoms with Crippen molar-refractivity contribution >= 4 is 39.5 Å². The van der Waals surface area contributed by atoms with Crippen LogP contribution >= 0.6 is 11.8 Å². The van der Waals surface area contributed by atoms with Gasteiger partial charge in [-0.2, -0.15) is 5.10 Å². The van der Waals surface area contributed by atoms with E-state index in [0.29, 0.717) is 24.7 Å². The van der Waals surface area contributed by atoms with Crippen molar-refractivity contribution in [3.8, 4) is 11.3 Å². The number of nitrogens with zero attached hydrogens (tertiary/aromatic N) is 4. The molecule has 1 aromatic carbocycles. The van der Waals surface area contributed by atoms with Gasteiger partial charge < -0.3 is 14.4 Å². The van der Waals surface area contributed by atoms with Gasteiger partial charge in [0.05, 0.1) is 17.5 Å². The molecule has 2 bridgehead atoms. The highest BCUT2D eigenvalue weighted by Crippen LogP contribution is 2.38. The van der Waals surface area contributed by atoms with Crippen LogP contribution in [0.4, 0.5) is 0 Å². The molecule has 6 rings (SSSR count). The van der Waals surface area contributed by atoms with Gasteiger partial charge >= 0.3 is 0 Å². The molecule has 2 aliphatic rings. The largest absolute Gasteiger partial charge is 0.464 e. The number of fused-ring (bicyclic) bond motifs is 4. The van der Waals surface area contributed by atoms with Crippen LogP contribution in [0.5, 0.6) is 0 Å². The maximum Gasteiger partial charge on any atom is 0.272 e. The van der Waals surface area contributed by atoms with E-state index < -0.39 is 0 Å². The molecule has 164 valence electrons. The highest BCUT2D eigenvalue weighted by molar-refractivity contribution is 7.97. The summed E-state index contributed by atoms with van der Waals surface area (Å²) in [6.45, 7) is 1.21. The highest BCUT2D eigenvalue weighted by Gasteiger charge is 2.42. The number of amides is 1. The first-order valence-electron chi connectivity index (χ1n) is 10.9. The Hall–Kier alpha value is -2.84. The van der Waals surface area contributed by atoms with Crippen LogP contribution in [0.25, 0.3) is 33.1 Å². The van der Waals surface area contributed by atoms with E-state index in [1.54, 1.807) is 24.2 Å². The van der Waals surface area contributed by atoms with E-state index in [1.807, 2.05) is 46.2 Å². The third-order valence-corrected chi connectivity index (χ3v) is 7.42. The smallest absolute Gasteiger partial charge is 0.272 e. The molecular formula is C24H24N4O3S. The number of thioether (sulfide) groups is 1.